The van der Waals surface area contributed by atoms with Crippen LogP contribution >= 0.6 is 23.2 Å². The number of benzene rings is 3. The van der Waals surface area contributed by atoms with Crippen molar-refractivity contribution >= 4 is 69.8 Å². The Hall–Kier alpha value is -6.22. The number of hydrogen-bond acceptors (Lipinski definition) is 8. The molecule has 382 valence electrons. The van der Waals surface area contributed by atoms with E-state index < -0.39 is 89.3 Å². The van der Waals surface area contributed by atoms with E-state index in [-0.39, 0.29) is 85.4 Å². The second-order valence-electron chi connectivity index (χ2n) is 16.2. The van der Waals surface area contributed by atoms with Gasteiger partial charge in [0.1, 0.15) is 35.4 Å². The quantitative estimate of drug-likeness (QED) is 0.129. The summed E-state index contributed by atoms with van der Waals surface area (Å²) in [7, 11) is 2.78. The van der Waals surface area contributed by atoms with Crippen LogP contribution in [0.5, 0.6) is 0 Å². The number of aliphatic hydroxyl groups excluding tert-OH is 1. The van der Waals surface area contributed by atoms with Crippen molar-refractivity contribution in [3.8, 4) is 0 Å². The van der Waals surface area contributed by atoms with Crippen LogP contribution in [0.1, 0.15) is 55.8 Å². The second-order valence-corrected chi connectivity index (χ2v) is 17.0. The minimum absolute atomic E-state index is 0. The molecule has 1 N–H and O–H groups in total. The van der Waals surface area contributed by atoms with Crippen LogP contribution in [0.25, 0.3) is 0 Å². The van der Waals surface area contributed by atoms with Crippen molar-refractivity contribution in [3.63, 3.8) is 0 Å². The molecule has 5 aromatic rings. The summed E-state index contributed by atoms with van der Waals surface area (Å²) in [6.07, 6.45) is -9.49. The molecule has 4 heterocycles. The van der Waals surface area contributed by atoms with Crippen molar-refractivity contribution in [2.75, 3.05) is 46.9 Å². The van der Waals surface area contributed by atoms with Crippen molar-refractivity contribution in [1.29, 1.82) is 0 Å². The van der Waals surface area contributed by atoms with Gasteiger partial charge in [-0.25, -0.2) is 18.7 Å². The summed E-state index contributed by atoms with van der Waals surface area (Å²) >= 11 is 11.6. The van der Waals surface area contributed by atoms with E-state index >= 15 is 0 Å². The topological polar surface area (TPSA) is 136 Å². The number of aryl methyl sites for hydroxylation is 2. The number of halogens is 10. The van der Waals surface area contributed by atoms with Crippen LogP contribution in [0.3, 0.4) is 0 Å². The maximum Gasteiger partial charge on any atom is 0.416 e. The molecule has 3 aromatic carbocycles. The molecule has 0 spiro atoms. The highest BCUT2D eigenvalue weighted by molar-refractivity contribution is 6.31. The summed E-state index contributed by atoms with van der Waals surface area (Å²) in [4.78, 5) is 65.4. The van der Waals surface area contributed by atoms with Crippen LogP contribution in [0, 0.1) is 37.3 Å². The standard InChI is InChI=1S/C27H24ClF4N3O3.C20H18ClF4N3O3.2CH4/c1-16-10-19(27(30,31)32)12-24(33-16)35-23(26(37)34(2)20-8-9-22(29)21(28)13-20)11-18(25(35)36)15-38-14-17-6-4-3-5-7-17;1-10-5-12(20(23,24)25)7-17(26-10)28-16(6-11(9-29)18(28)30)19(31)27(2)13-3-4-15(22)14(21)8-13;;/h3-10,12-13,18,23H,11,14-15H2,1-2H3;3-5,7-8,11,16,29H,6,9H2,1-2H3;2*1H4/t18-,23+;11-,16+;;/m11../s1. The molecule has 2 saturated heterocycles. The van der Waals surface area contributed by atoms with Crippen LogP contribution in [0.15, 0.2) is 91.0 Å². The zero-order chi connectivity index (χ0) is 50.7. The normalized spacial score (nSPS) is 17.8. The minimum Gasteiger partial charge on any atom is -0.396 e. The maximum absolute atomic E-state index is 13.7. The lowest BCUT2D eigenvalue weighted by Gasteiger charge is -2.28. The summed E-state index contributed by atoms with van der Waals surface area (Å²) in [5.41, 5.74) is -0.589. The number of aliphatic hydroxyl groups is 1. The lowest BCUT2D eigenvalue weighted by Crippen LogP contribution is -2.46. The summed E-state index contributed by atoms with van der Waals surface area (Å²) in [5, 5.41) is 9.10. The van der Waals surface area contributed by atoms with E-state index in [1.165, 1.54) is 57.1 Å². The first-order valence-corrected chi connectivity index (χ1v) is 21.6. The number of carbonyl (C=O) groups excluding carboxylic acids is 4. The van der Waals surface area contributed by atoms with Gasteiger partial charge in [-0.05, 0) is 92.9 Å². The Morgan fingerprint density at radius 1 is 0.676 bits per heavy atom. The second kappa shape index (κ2) is 23.3. The highest BCUT2D eigenvalue weighted by Crippen LogP contribution is 2.38. The van der Waals surface area contributed by atoms with Crippen molar-refractivity contribution in [3.05, 3.63) is 141 Å². The third kappa shape index (κ3) is 13.2. The van der Waals surface area contributed by atoms with Gasteiger partial charge in [-0.1, -0.05) is 68.4 Å². The molecule has 4 atom stereocenters. The number of hydrogen-bond donors (Lipinski definition) is 1. The molecule has 2 aliphatic rings. The molecule has 12 nitrogen and oxygen atoms in total. The maximum atomic E-state index is 13.7. The van der Waals surface area contributed by atoms with Gasteiger partial charge in [-0.3, -0.25) is 29.0 Å². The van der Waals surface area contributed by atoms with Crippen LogP contribution in [-0.2, 0) is 42.9 Å². The van der Waals surface area contributed by atoms with E-state index in [0.717, 1.165) is 50.6 Å². The van der Waals surface area contributed by atoms with E-state index in [4.69, 9.17) is 27.9 Å². The number of amides is 4. The van der Waals surface area contributed by atoms with Gasteiger partial charge in [-0.15, -0.1) is 0 Å². The van der Waals surface area contributed by atoms with Crippen LogP contribution in [-0.4, -0.2) is 78.1 Å². The number of pyridine rings is 2. The van der Waals surface area contributed by atoms with Crippen molar-refractivity contribution in [2.24, 2.45) is 11.8 Å². The number of carbonyl (C=O) groups is 4. The molecule has 22 heteroatoms. The van der Waals surface area contributed by atoms with E-state index in [1.54, 1.807) is 0 Å². The Morgan fingerprint density at radius 2 is 1.08 bits per heavy atom. The van der Waals surface area contributed by atoms with E-state index in [2.05, 4.69) is 9.97 Å². The first-order valence-electron chi connectivity index (χ1n) is 20.8. The molecule has 2 fully saturated rings. The number of ether oxygens (including phenoxy) is 1. The third-order valence-electron chi connectivity index (χ3n) is 11.3. The Labute approximate surface area is 414 Å². The highest BCUT2D eigenvalue weighted by atomic mass is 35.5. The van der Waals surface area contributed by atoms with Gasteiger partial charge >= 0.3 is 12.4 Å². The molecular formula is C49H50Cl2F8N6O6. The fraction of sp³-hybridized carbons (Fsp3) is 0.347. The molecular weight excluding hydrogens is 991 g/mol. The van der Waals surface area contributed by atoms with Gasteiger partial charge in [0.25, 0.3) is 0 Å². The number of aromatic nitrogens is 2. The number of nitrogens with zero attached hydrogens (tertiary/aromatic N) is 6. The summed E-state index contributed by atoms with van der Waals surface area (Å²) in [6, 6.07) is 17.3. The first-order chi connectivity index (χ1) is 32.4. The molecule has 71 heavy (non-hydrogen) atoms. The summed E-state index contributed by atoms with van der Waals surface area (Å²) in [6.45, 7) is 2.31. The number of likely N-dealkylation sites (N-methyl/N-ethyl adjacent to an activating group) is 2. The van der Waals surface area contributed by atoms with Crippen LogP contribution in [0.2, 0.25) is 10.0 Å². The smallest absolute Gasteiger partial charge is 0.396 e. The van der Waals surface area contributed by atoms with Gasteiger partial charge < -0.3 is 19.6 Å². The van der Waals surface area contributed by atoms with Gasteiger partial charge in [-0.2, -0.15) is 26.3 Å². The molecule has 4 amide bonds. The van der Waals surface area contributed by atoms with Crippen LogP contribution in [0.4, 0.5) is 58.1 Å². The van der Waals surface area contributed by atoms with Gasteiger partial charge in [0.15, 0.2) is 0 Å². The van der Waals surface area contributed by atoms with Gasteiger partial charge in [0.2, 0.25) is 23.6 Å². The fourth-order valence-corrected chi connectivity index (χ4v) is 8.12. The fourth-order valence-electron chi connectivity index (χ4n) is 7.77. The summed E-state index contributed by atoms with van der Waals surface area (Å²) < 4.78 is 113. The third-order valence-corrected chi connectivity index (χ3v) is 11.9. The molecule has 2 aliphatic heterocycles. The SMILES string of the molecule is C.C.Cc1cc(C(F)(F)F)cc(N2C(=O)[C@@H](CO)C[C@H]2C(=O)N(C)c2ccc(F)c(Cl)c2)n1.Cc1cc(C(F)(F)F)cc(N2C(=O)[C@@H](COCc3ccccc3)C[C@H]2C(=O)N(C)c2ccc(F)c(Cl)c2)n1. The minimum atomic E-state index is -4.68. The predicted molar refractivity (Wildman–Crippen MR) is 253 cm³/mol. The molecule has 2 aromatic heterocycles. The zero-order valence-electron chi connectivity index (χ0n) is 37.0. The number of anilines is 4. The van der Waals surface area contributed by atoms with Crippen molar-refractivity contribution in [1.82, 2.24) is 9.97 Å². The Balaban J connectivity index is 0.000000306. The molecule has 0 unspecified atom stereocenters. The predicted octanol–water partition coefficient (Wildman–Crippen LogP) is 10.7. The van der Waals surface area contributed by atoms with E-state index in [9.17, 15) is 59.4 Å². The zero-order valence-corrected chi connectivity index (χ0v) is 38.5. The molecule has 0 radical (unpaired) electrons. The average molecular weight is 1040 g/mol. The van der Waals surface area contributed by atoms with E-state index in [0.29, 0.717) is 6.07 Å². The molecule has 0 saturated carbocycles. The Kier molecular flexibility index (Phi) is 18.9. The highest BCUT2D eigenvalue weighted by Gasteiger charge is 2.48. The monoisotopic (exact) mass is 1040 g/mol. The van der Waals surface area contributed by atoms with Crippen molar-refractivity contribution < 1.29 is 64.1 Å². The van der Waals surface area contributed by atoms with Crippen LogP contribution < -0.4 is 19.6 Å². The van der Waals surface area contributed by atoms with Gasteiger partial charge in [0.05, 0.1) is 52.8 Å². The number of alkyl halides is 6. The Bertz CT molecular complexity index is 2730. The molecule has 0 aliphatic carbocycles. The molecule has 7 rings (SSSR count). The molecule has 0 bridgehead atoms. The van der Waals surface area contributed by atoms with Gasteiger partial charge in [0, 0.05) is 36.9 Å². The average Bonchev–Trinajstić information content (AvgIpc) is 3.81. The summed E-state index contributed by atoms with van der Waals surface area (Å²) in [5.74, 6) is -6.28. The number of rotatable bonds is 11. The largest absolute Gasteiger partial charge is 0.416 e. The Morgan fingerprint density at radius 3 is 1.48 bits per heavy atom. The first kappa shape index (κ1) is 57.4. The lowest BCUT2D eigenvalue weighted by molar-refractivity contribution is -0.138. The van der Waals surface area contributed by atoms with E-state index in [1.807, 2.05) is 30.3 Å². The van der Waals surface area contributed by atoms with Crippen molar-refractivity contribution in [2.45, 2.75) is 72.6 Å². The lowest BCUT2D eigenvalue weighted by atomic mass is 10.1.